The molecular formula is C64H38N6. The molecule has 0 radical (unpaired) electrons. The van der Waals surface area contributed by atoms with Gasteiger partial charge in [0.1, 0.15) is 0 Å². The number of pyridine rings is 4. The molecule has 12 aromatic rings. The number of hydrogen-bond acceptors (Lipinski definition) is 5. The number of nitrogens with zero attached hydrogens (tertiary/aromatic N) is 6. The van der Waals surface area contributed by atoms with E-state index < -0.39 is 10.8 Å². The van der Waals surface area contributed by atoms with Crippen LogP contribution in [0.25, 0.3) is 72.5 Å². The lowest BCUT2D eigenvalue weighted by molar-refractivity contribution is 0.744. The minimum Gasteiger partial charge on any atom is -0.310 e. The average molecular weight is 891 g/mol. The monoisotopic (exact) mass is 890 g/mol. The molecule has 0 fully saturated rings. The molecule has 7 aromatic carbocycles. The molecule has 324 valence electrons. The first-order valence-corrected chi connectivity index (χ1v) is 23.9. The van der Waals surface area contributed by atoms with E-state index in [2.05, 4.69) is 216 Å². The van der Waals surface area contributed by atoms with E-state index in [1.807, 2.05) is 24.8 Å². The van der Waals surface area contributed by atoms with E-state index in [0.29, 0.717) is 0 Å². The fourth-order valence-corrected chi connectivity index (χ4v) is 13.2. The van der Waals surface area contributed by atoms with Gasteiger partial charge in [-0.3, -0.25) is 19.9 Å². The Morgan fingerprint density at radius 1 is 0.314 bits per heavy atom. The number of rotatable bonds is 3. The molecule has 0 amide bonds. The van der Waals surface area contributed by atoms with Crippen LogP contribution in [0.2, 0.25) is 0 Å². The average Bonchev–Trinajstić information content (AvgIpc) is 4.12. The van der Waals surface area contributed by atoms with Crippen molar-refractivity contribution >= 4 is 38.9 Å². The summed E-state index contributed by atoms with van der Waals surface area (Å²) in [5.41, 5.74) is 23.0. The van der Waals surface area contributed by atoms with Crippen LogP contribution in [0.1, 0.15) is 44.5 Å². The molecule has 16 rings (SSSR count). The number of anilines is 3. The van der Waals surface area contributed by atoms with Crippen LogP contribution in [-0.2, 0) is 10.8 Å². The first kappa shape index (κ1) is 37.8. The minimum atomic E-state index is -0.794. The maximum absolute atomic E-state index is 5.46. The van der Waals surface area contributed by atoms with Gasteiger partial charge in [-0.15, -0.1) is 0 Å². The highest BCUT2D eigenvalue weighted by Gasteiger charge is 2.57. The molecule has 5 aromatic heterocycles. The van der Waals surface area contributed by atoms with Crippen LogP contribution in [0.15, 0.2) is 231 Å². The first-order valence-electron chi connectivity index (χ1n) is 23.9. The normalized spacial score (nSPS) is 15.9. The smallest absolute Gasteiger partial charge is 0.0937 e. The minimum absolute atomic E-state index is 0.635. The standard InChI is InChI=1S/C64H38N6/c1-2-17-41(18-3-1)69-57-30-11-8-24-48(57)64(53-36-46-43-20-4-7-23-47(43)63(52(46)37-58(53)69)49-25-13-31-65-59(49)60-50(63)26-14-32-66-60)51-27-15-33-67-61(51)62-54(64)35-40(38-68-62)39-16-12-19-42(34-39)70-55-28-9-5-21-44(55)45-22-6-10-29-56(45)70/h1-38H. The van der Waals surface area contributed by atoms with E-state index in [0.717, 1.165) is 78.9 Å². The Labute approximate surface area is 403 Å². The van der Waals surface area contributed by atoms with Gasteiger partial charge in [0.05, 0.1) is 56.0 Å². The topological polar surface area (TPSA) is 59.7 Å². The zero-order valence-corrected chi connectivity index (χ0v) is 37.6. The highest BCUT2D eigenvalue weighted by molar-refractivity contribution is 6.09. The molecule has 0 saturated heterocycles. The van der Waals surface area contributed by atoms with Crippen molar-refractivity contribution in [3.63, 3.8) is 0 Å². The molecule has 6 heterocycles. The zero-order valence-electron chi connectivity index (χ0n) is 37.6. The van der Waals surface area contributed by atoms with Crippen LogP contribution < -0.4 is 4.90 Å². The summed E-state index contributed by atoms with van der Waals surface area (Å²) < 4.78 is 2.39. The SMILES string of the molecule is c1ccc(N2c3ccccc3C3(c4cc5c(cc42)C2(c4ccccc4-5)c4cccnc4-c4ncccc42)c2cccnc2-c2ncc(-c4cccc(-n5c6ccccc6c6ccccc65)c4)cc23)cc1. The van der Waals surface area contributed by atoms with Crippen LogP contribution >= 0.6 is 0 Å². The van der Waals surface area contributed by atoms with Gasteiger partial charge >= 0.3 is 0 Å². The second-order valence-corrected chi connectivity index (χ2v) is 18.9. The van der Waals surface area contributed by atoms with E-state index in [9.17, 15) is 0 Å². The molecule has 2 spiro atoms. The van der Waals surface area contributed by atoms with Gasteiger partial charge in [0, 0.05) is 58.1 Å². The summed E-state index contributed by atoms with van der Waals surface area (Å²) in [6, 6.07) is 75.7. The van der Waals surface area contributed by atoms with Crippen molar-refractivity contribution in [1.82, 2.24) is 24.5 Å². The van der Waals surface area contributed by atoms with Gasteiger partial charge in [-0.05, 0) is 134 Å². The Hall–Kier alpha value is -9.26. The third-order valence-corrected chi connectivity index (χ3v) is 15.8. The number of hydrogen-bond donors (Lipinski definition) is 0. The van der Waals surface area contributed by atoms with E-state index in [4.69, 9.17) is 19.9 Å². The maximum atomic E-state index is 5.46. The number of para-hydroxylation sites is 4. The molecule has 0 bridgehead atoms. The fourth-order valence-electron chi connectivity index (χ4n) is 13.2. The van der Waals surface area contributed by atoms with Gasteiger partial charge < -0.3 is 9.47 Å². The number of fused-ring (bicyclic) bond motifs is 22. The predicted octanol–water partition coefficient (Wildman–Crippen LogP) is 14.5. The summed E-state index contributed by atoms with van der Waals surface area (Å²) in [7, 11) is 0. The quantitative estimate of drug-likeness (QED) is 0.177. The van der Waals surface area contributed by atoms with Gasteiger partial charge in [0.2, 0.25) is 0 Å². The predicted molar refractivity (Wildman–Crippen MR) is 279 cm³/mol. The van der Waals surface area contributed by atoms with Crippen LogP contribution in [0.3, 0.4) is 0 Å². The summed E-state index contributed by atoms with van der Waals surface area (Å²) in [4.78, 5) is 23.2. The molecule has 6 heteroatoms. The fraction of sp³-hybridized carbons (Fsp3) is 0.0312. The third kappa shape index (κ3) is 4.58. The van der Waals surface area contributed by atoms with Gasteiger partial charge in [0.15, 0.2) is 0 Å². The Morgan fingerprint density at radius 3 is 1.57 bits per heavy atom. The molecule has 1 unspecified atom stereocenters. The molecule has 3 aliphatic carbocycles. The Kier molecular flexibility index (Phi) is 7.39. The van der Waals surface area contributed by atoms with Crippen LogP contribution in [0.4, 0.5) is 17.1 Å². The largest absolute Gasteiger partial charge is 0.310 e. The Morgan fingerprint density at radius 2 is 0.871 bits per heavy atom. The lowest BCUT2D eigenvalue weighted by Gasteiger charge is -2.45. The molecular weight excluding hydrogens is 853 g/mol. The van der Waals surface area contributed by atoms with Gasteiger partial charge in [-0.2, -0.15) is 0 Å². The van der Waals surface area contributed by atoms with Crippen LogP contribution in [-0.4, -0.2) is 24.5 Å². The second-order valence-electron chi connectivity index (χ2n) is 18.9. The van der Waals surface area contributed by atoms with Crippen molar-refractivity contribution in [3.05, 3.63) is 276 Å². The zero-order chi connectivity index (χ0) is 45.7. The highest BCUT2D eigenvalue weighted by atomic mass is 15.2. The Balaban J connectivity index is 1.00. The van der Waals surface area contributed by atoms with E-state index in [-0.39, 0.29) is 0 Å². The molecule has 1 atom stereocenters. The van der Waals surface area contributed by atoms with E-state index in [1.54, 1.807) is 0 Å². The van der Waals surface area contributed by atoms with Crippen molar-refractivity contribution in [1.29, 1.82) is 0 Å². The third-order valence-electron chi connectivity index (χ3n) is 15.8. The summed E-state index contributed by atoms with van der Waals surface area (Å²) in [5.74, 6) is 0. The van der Waals surface area contributed by atoms with E-state index in [1.165, 1.54) is 55.2 Å². The molecule has 70 heavy (non-hydrogen) atoms. The van der Waals surface area contributed by atoms with Crippen molar-refractivity contribution < 1.29 is 0 Å². The summed E-state index contributed by atoms with van der Waals surface area (Å²) >= 11 is 0. The lowest BCUT2D eigenvalue weighted by atomic mass is 9.63. The first-order chi connectivity index (χ1) is 34.7. The van der Waals surface area contributed by atoms with Crippen molar-refractivity contribution in [2.45, 2.75) is 10.8 Å². The van der Waals surface area contributed by atoms with Gasteiger partial charge in [0.25, 0.3) is 0 Å². The maximum Gasteiger partial charge on any atom is 0.0937 e. The number of benzene rings is 7. The van der Waals surface area contributed by atoms with Crippen LogP contribution in [0.5, 0.6) is 0 Å². The molecule has 0 saturated carbocycles. The summed E-state index contributed by atoms with van der Waals surface area (Å²) in [6.45, 7) is 0. The highest BCUT2D eigenvalue weighted by Crippen LogP contribution is 2.68. The second kappa shape index (κ2) is 13.7. The molecule has 6 nitrogen and oxygen atoms in total. The van der Waals surface area contributed by atoms with Crippen molar-refractivity contribution in [3.8, 4) is 50.7 Å². The molecule has 1 aliphatic heterocycles. The number of aromatic nitrogens is 5. The molecule has 0 N–H and O–H groups in total. The lowest BCUT2D eigenvalue weighted by Crippen LogP contribution is -2.37. The summed E-state index contributed by atoms with van der Waals surface area (Å²) in [5, 5.41) is 2.48. The van der Waals surface area contributed by atoms with E-state index >= 15 is 0 Å². The van der Waals surface area contributed by atoms with Gasteiger partial charge in [-0.1, -0.05) is 127 Å². The molecule has 4 aliphatic rings. The Bertz CT molecular complexity index is 4130. The van der Waals surface area contributed by atoms with Crippen LogP contribution in [0, 0.1) is 0 Å². The van der Waals surface area contributed by atoms with Crippen molar-refractivity contribution in [2.24, 2.45) is 0 Å². The van der Waals surface area contributed by atoms with Crippen molar-refractivity contribution in [2.75, 3.05) is 4.90 Å². The van der Waals surface area contributed by atoms with Gasteiger partial charge in [-0.25, -0.2) is 0 Å². The summed E-state index contributed by atoms with van der Waals surface area (Å²) in [6.07, 6.45) is 7.76.